The number of carbonyl (C=O) groups is 4. The summed E-state index contributed by atoms with van der Waals surface area (Å²) in [4.78, 5) is 48.8. The van der Waals surface area contributed by atoms with E-state index in [1.165, 1.54) is 50.6 Å². The Bertz CT molecular complexity index is 1840. The minimum Gasteiger partial charge on any atom is -0.494 e. The highest BCUT2D eigenvalue weighted by atomic mass is 16.6. The van der Waals surface area contributed by atoms with Gasteiger partial charge in [0, 0.05) is 17.2 Å². The number of benzene rings is 4. The number of rotatable bonds is 16. The molecule has 4 aromatic rings. The van der Waals surface area contributed by atoms with Gasteiger partial charge in [-0.15, -0.1) is 0 Å². The smallest absolute Gasteiger partial charge is 0.343 e. The van der Waals surface area contributed by atoms with Crippen molar-refractivity contribution in [3.05, 3.63) is 114 Å². The van der Waals surface area contributed by atoms with E-state index in [2.05, 4.69) is 11.3 Å². The fourth-order valence-electron chi connectivity index (χ4n) is 4.61. The average Bonchev–Trinajstić information content (AvgIpc) is 3.11. The standard InChI is InChI=1S/C39H38O10/c1-26(2)37(41)47-23-8-6-5-7-22-46-33-20-16-29-24-31(13-12-30(29)25-33)39(43)48-32-18-14-28(15-19-32)38(42)49-36-27(17-21-35(40)45-4)10-9-11-34(36)44-3/h9-21,24-25H,1,5-8,22-23H2,2-4H3. The molecule has 254 valence electrons. The fourth-order valence-corrected chi connectivity index (χ4v) is 4.61. The van der Waals surface area contributed by atoms with Gasteiger partial charge in [-0.1, -0.05) is 30.8 Å². The van der Waals surface area contributed by atoms with E-state index < -0.39 is 17.9 Å². The molecule has 0 atom stereocenters. The van der Waals surface area contributed by atoms with Crippen molar-refractivity contribution in [2.75, 3.05) is 27.4 Å². The van der Waals surface area contributed by atoms with Crippen molar-refractivity contribution in [3.63, 3.8) is 0 Å². The van der Waals surface area contributed by atoms with Crippen LogP contribution in [0.25, 0.3) is 16.8 Å². The van der Waals surface area contributed by atoms with Crippen LogP contribution >= 0.6 is 0 Å². The molecule has 0 bridgehead atoms. The van der Waals surface area contributed by atoms with E-state index >= 15 is 0 Å². The van der Waals surface area contributed by atoms with E-state index in [-0.39, 0.29) is 23.0 Å². The number of methoxy groups -OCH3 is 2. The summed E-state index contributed by atoms with van der Waals surface area (Å²) in [6, 6.07) is 21.9. The third kappa shape index (κ3) is 10.6. The first kappa shape index (κ1) is 35.9. The third-order valence-electron chi connectivity index (χ3n) is 7.26. The van der Waals surface area contributed by atoms with Gasteiger partial charge in [0.2, 0.25) is 0 Å². The normalized spacial score (nSPS) is 10.8. The van der Waals surface area contributed by atoms with Crippen molar-refractivity contribution in [2.45, 2.75) is 32.6 Å². The summed E-state index contributed by atoms with van der Waals surface area (Å²) < 4.78 is 32.1. The van der Waals surface area contributed by atoms with Crippen molar-refractivity contribution >= 4 is 40.7 Å². The van der Waals surface area contributed by atoms with Gasteiger partial charge in [-0.2, -0.15) is 0 Å². The molecule has 0 saturated carbocycles. The number of unbranched alkanes of at least 4 members (excludes halogenated alkanes) is 3. The van der Waals surface area contributed by atoms with Gasteiger partial charge in [-0.05, 0) is 104 Å². The van der Waals surface area contributed by atoms with Gasteiger partial charge in [-0.25, -0.2) is 19.2 Å². The molecule has 0 radical (unpaired) electrons. The van der Waals surface area contributed by atoms with Gasteiger partial charge in [0.25, 0.3) is 0 Å². The summed E-state index contributed by atoms with van der Waals surface area (Å²) >= 11 is 0. The summed E-state index contributed by atoms with van der Waals surface area (Å²) in [5.41, 5.74) is 1.41. The number of carbonyl (C=O) groups excluding carboxylic acids is 4. The minimum absolute atomic E-state index is 0.133. The van der Waals surface area contributed by atoms with Crippen LogP contribution in [0.15, 0.2) is 97.1 Å². The monoisotopic (exact) mass is 666 g/mol. The summed E-state index contributed by atoms with van der Waals surface area (Å²) in [7, 11) is 2.70. The Kier molecular flexibility index (Phi) is 13.1. The van der Waals surface area contributed by atoms with Crippen LogP contribution in [0, 0.1) is 0 Å². The van der Waals surface area contributed by atoms with Gasteiger partial charge in [0.1, 0.15) is 11.5 Å². The molecule has 0 aliphatic heterocycles. The predicted molar refractivity (Wildman–Crippen MR) is 184 cm³/mol. The fraction of sp³-hybridized carbons (Fsp3) is 0.231. The summed E-state index contributed by atoms with van der Waals surface area (Å²) in [5, 5.41) is 1.76. The number of hydrogen-bond donors (Lipinski definition) is 0. The lowest BCUT2D eigenvalue weighted by atomic mass is 10.1. The number of hydrogen-bond acceptors (Lipinski definition) is 10. The highest BCUT2D eigenvalue weighted by Crippen LogP contribution is 2.33. The Balaban J connectivity index is 1.29. The maximum absolute atomic E-state index is 13.0. The lowest BCUT2D eigenvalue weighted by Gasteiger charge is -2.12. The number of ether oxygens (including phenoxy) is 6. The molecule has 10 nitrogen and oxygen atoms in total. The number of esters is 4. The van der Waals surface area contributed by atoms with Crippen LogP contribution in [-0.2, 0) is 19.1 Å². The van der Waals surface area contributed by atoms with E-state index in [0.717, 1.165) is 42.2 Å². The van der Waals surface area contributed by atoms with Gasteiger partial charge >= 0.3 is 23.9 Å². The van der Waals surface area contributed by atoms with Crippen LogP contribution in [0.3, 0.4) is 0 Å². The van der Waals surface area contributed by atoms with E-state index in [9.17, 15) is 19.2 Å². The summed E-state index contributed by atoms with van der Waals surface area (Å²) in [6.45, 7) is 6.15. The quantitative estimate of drug-likeness (QED) is 0.0513. The van der Waals surface area contributed by atoms with Gasteiger partial charge in [0.15, 0.2) is 11.5 Å². The van der Waals surface area contributed by atoms with Crippen LogP contribution in [-0.4, -0.2) is 51.3 Å². The second kappa shape index (κ2) is 17.9. The molecule has 0 aliphatic carbocycles. The number of para-hydroxylation sites is 1. The van der Waals surface area contributed by atoms with Gasteiger partial charge in [0.05, 0.1) is 38.6 Å². The highest BCUT2D eigenvalue weighted by molar-refractivity contribution is 5.97. The molecule has 0 unspecified atom stereocenters. The van der Waals surface area contributed by atoms with E-state index in [1.54, 1.807) is 37.3 Å². The Hall–Kier alpha value is -5.90. The zero-order valence-electron chi connectivity index (χ0n) is 27.7. The Labute approximate surface area is 284 Å². The lowest BCUT2D eigenvalue weighted by molar-refractivity contribution is -0.139. The molecule has 49 heavy (non-hydrogen) atoms. The zero-order chi connectivity index (χ0) is 35.2. The highest BCUT2D eigenvalue weighted by Gasteiger charge is 2.17. The van der Waals surface area contributed by atoms with Crippen molar-refractivity contribution in [1.29, 1.82) is 0 Å². The van der Waals surface area contributed by atoms with Crippen LogP contribution in [0.2, 0.25) is 0 Å². The third-order valence-corrected chi connectivity index (χ3v) is 7.26. The molecule has 4 rings (SSSR count). The van der Waals surface area contributed by atoms with Gasteiger partial charge in [-0.3, -0.25) is 0 Å². The van der Waals surface area contributed by atoms with Crippen LogP contribution in [0.1, 0.15) is 58.9 Å². The van der Waals surface area contributed by atoms with Crippen molar-refractivity contribution in [1.82, 2.24) is 0 Å². The Morgan fingerprint density at radius 1 is 0.714 bits per heavy atom. The molecule has 0 fully saturated rings. The number of fused-ring (bicyclic) bond motifs is 1. The van der Waals surface area contributed by atoms with Crippen molar-refractivity contribution < 1.29 is 47.6 Å². The second-order valence-corrected chi connectivity index (χ2v) is 10.9. The van der Waals surface area contributed by atoms with Gasteiger partial charge < -0.3 is 28.4 Å². The van der Waals surface area contributed by atoms with Crippen molar-refractivity contribution in [2.24, 2.45) is 0 Å². The molecule has 0 spiro atoms. The van der Waals surface area contributed by atoms with E-state index in [0.29, 0.717) is 35.7 Å². The molecule has 10 heteroatoms. The predicted octanol–water partition coefficient (Wildman–Crippen LogP) is 7.53. The van der Waals surface area contributed by atoms with E-state index in [4.69, 9.17) is 23.7 Å². The zero-order valence-corrected chi connectivity index (χ0v) is 27.7. The molecule has 4 aromatic carbocycles. The molecule has 0 saturated heterocycles. The molecule has 0 aliphatic rings. The summed E-state index contributed by atoms with van der Waals surface area (Å²) in [6.07, 6.45) is 6.23. The molecule has 0 amide bonds. The SMILES string of the molecule is C=C(C)C(=O)OCCCCCCOc1ccc2cc(C(=O)Oc3ccc(C(=O)Oc4c(C=CC(=O)OC)cccc4OC)cc3)ccc2c1. The maximum atomic E-state index is 13.0. The molecular formula is C39H38O10. The lowest BCUT2D eigenvalue weighted by Crippen LogP contribution is -2.11. The van der Waals surface area contributed by atoms with Crippen LogP contribution in [0.5, 0.6) is 23.0 Å². The first-order valence-electron chi connectivity index (χ1n) is 15.6. The molecule has 0 aromatic heterocycles. The molecule has 0 heterocycles. The maximum Gasteiger partial charge on any atom is 0.343 e. The molecular weight excluding hydrogens is 628 g/mol. The topological polar surface area (TPSA) is 124 Å². The first-order valence-corrected chi connectivity index (χ1v) is 15.6. The Morgan fingerprint density at radius 2 is 1.37 bits per heavy atom. The second-order valence-electron chi connectivity index (χ2n) is 10.9. The van der Waals surface area contributed by atoms with E-state index in [1.807, 2.05) is 24.3 Å². The van der Waals surface area contributed by atoms with Crippen LogP contribution < -0.4 is 18.9 Å². The molecule has 0 N–H and O–H groups in total. The average molecular weight is 667 g/mol. The first-order chi connectivity index (χ1) is 23.7. The Morgan fingerprint density at radius 3 is 2.08 bits per heavy atom. The van der Waals surface area contributed by atoms with Crippen LogP contribution in [0.4, 0.5) is 0 Å². The summed E-state index contributed by atoms with van der Waals surface area (Å²) in [5.74, 6) is -0.735. The van der Waals surface area contributed by atoms with Crippen molar-refractivity contribution in [3.8, 4) is 23.0 Å². The minimum atomic E-state index is -0.674. The largest absolute Gasteiger partial charge is 0.494 e.